The SMILES string of the molecule is CCNC(=O)C(C#N)=c1sc(=CNc2cccc(NC(=O)CN3CCSC3C)c2)c(=O)n1CC. The van der Waals surface area contributed by atoms with Crippen LogP contribution in [0.1, 0.15) is 20.8 Å². The Morgan fingerprint density at radius 2 is 2.06 bits per heavy atom. The number of carbonyl (C=O) groups is 2. The van der Waals surface area contributed by atoms with Gasteiger partial charge in [0.25, 0.3) is 11.5 Å². The van der Waals surface area contributed by atoms with Crippen LogP contribution < -0.4 is 30.7 Å². The first-order valence-corrected chi connectivity index (χ1v) is 12.9. The maximum atomic E-state index is 12.8. The molecule has 0 bridgehead atoms. The second-order valence-electron chi connectivity index (χ2n) is 7.53. The Bertz CT molecular complexity index is 1280. The third kappa shape index (κ3) is 6.08. The van der Waals surface area contributed by atoms with Crippen LogP contribution in [0.3, 0.4) is 0 Å². The van der Waals surface area contributed by atoms with Crippen molar-refractivity contribution in [3.05, 3.63) is 43.8 Å². The average Bonchev–Trinajstić information content (AvgIpc) is 3.35. The molecule has 1 aromatic heterocycles. The molecule has 0 spiro atoms. The summed E-state index contributed by atoms with van der Waals surface area (Å²) in [5.41, 5.74) is 0.973. The van der Waals surface area contributed by atoms with E-state index in [1.165, 1.54) is 4.57 Å². The van der Waals surface area contributed by atoms with E-state index in [1.807, 2.05) is 23.9 Å². The molecule has 180 valence electrons. The van der Waals surface area contributed by atoms with Gasteiger partial charge >= 0.3 is 0 Å². The molecular weight excluding hydrogens is 472 g/mol. The zero-order valence-corrected chi connectivity index (χ0v) is 21.0. The lowest BCUT2D eigenvalue weighted by Gasteiger charge is -2.19. The van der Waals surface area contributed by atoms with Gasteiger partial charge in [0, 0.05) is 43.0 Å². The first-order chi connectivity index (χ1) is 16.4. The molecule has 1 atom stereocenters. The number of nitrogens with one attached hydrogen (secondary N) is 3. The summed E-state index contributed by atoms with van der Waals surface area (Å²) in [6, 6.07) is 9.14. The van der Waals surface area contributed by atoms with Crippen molar-refractivity contribution in [1.29, 1.82) is 5.26 Å². The highest BCUT2D eigenvalue weighted by Gasteiger charge is 2.22. The van der Waals surface area contributed by atoms with Crippen LogP contribution in [0.2, 0.25) is 0 Å². The van der Waals surface area contributed by atoms with Gasteiger partial charge in [0.1, 0.15) is 15.3 Å². The number of aromatic nitrogens is 1. The van der Waals surface area contributed by atoms with Crippen molar-refractivity contribution in [2.75, 3.05) is 36.0 Å². The Balaban J connectivity index is 1.81. The third-order valence-electron chi connectivity index (χ3n) is 5.23. The van der Waals surface area contributed by atoms with Crippen molar-refractivity contribution in [3.8, 4) is 6.07 Å². The molecule has 0 saturated carbocycles. The Morgan fingerprint density at radius 1 is 1.29 bits per heavy atom. The Morgan fingerprint density at radius 3 is 2.71 bits per heavy atom. The lowest BCUT2D eigenvalue weighted by molar-refractivity contribution is -0.117. The Labute approximate surface area is 206 Å². The number of hydrogen-bond acceptors (Lipinski definition) is 8. The number of rotatable bonds is 8. The molecule has 11 heteroatoms. The first kappa shape index (κ1) is 25.6. The standard InChI is InChI=1S/C23H28N6O3S2/c1-4-25-21(31)18(12-24)23-29(5-2)22(32)19(34-23)13-26-16-7-6-8-17(11-16)27-20(30)14-28-9-10-33-15(28)3/h6-8,11,13,15,26H,4-5,9-10,14H2,1-3H3,(H,25,31)(H,27,30). The van der Waals surface area contributed by atoms with E-state index in [-0.39, 0.29) is 17.0 Å². The summed E-state index contributed by atoms with van der Waals surface area (Å²) < 4.78 is 2.11. The van der Waals surface area contributed by atoms with Gasteiger partial charge in [-0.3, -0.25) is 23.9 Å². The fourth-order valence-corrected chi connectivity index (χ4v) is 5.65. The van der Waals surface area contributed by atoms with Crippen LogP contribution in [-0.2, 0) is 16.1 Å². The van der Waals surface area contributed by atoms with Crippen LogP contribution in [0.15, 0.2) is 29.1 Å². The van der Waals surface area contributed by atoms with Gasteiger partial charge < -0.3 is 16.0 Å². The van der Waals surface area contributed by atoms with Crippen LogP contribution in [-0.4, -0.2) is 52.0 Å². The van der Waals surface area contributed by atoms with E-state index in [0.717, 1.165) is 23.6 Å². The number of nitriles is 1. The highest BCUT2D eigenvalue weighted by atomic mass is 32.2. The minimum Gasteiger partial charge on any atom is -0.360 e. The predicted molar refractivity (Wildman–Crippen MR) is 138 cm³/mol. The topological polar surface area (TPSA) is 119 Å². The van der Waals surface area contributed by atoms with Gasteiger partial charge in [0.15, 0.2) is 5.57 Å². The van der Waals surface area contributed by atoms with Gasteiger partial charge in [-0.2, -0.15) is 5.26 Å². The number of anilines is 2. The molecule has 1 aliphatic heterocycles. The molecule has 0 aliphatic carbocycles. The van der Waals surface area contributed by atoms with Crippen LogP contribution in [0.25, 0.3) is 11.8 Å². The fraction of sp³-hybridized carbons (Fsp3) is 0.391. The predicted octanol–water partition coefficient (Wildman–Crippen LogP) is 0.923. The number of nitrogens with zero attached hydrogens (tertiary/aromatic N) is 3. The van der Waals surface area contributed by atoms with Gasteiger partial charge in [-0.05, 0) is 39.0 Å². The fourth-order valence-electron chi connectivity index (χ4n) is 3.49. The number of hydrogen-bond donors (Lipinski definition) is 3. The van der Waals surface area contributed by atoms with Gasteiger partial charge in [-0.1, -0.05) is 6.07 Å². The van der Waals surface area contributed by atoms with E-state index in [9.17, 15) is 19.6 Å². The first-order valence-electron chi connectivity index (χ1n) is 11.0. The number of carbonyl (C=O) groups excluding carboxylic acids is 2. The van der Waals surface area contributed by atoms with Gasteiger partial charge in [-0.25, -0.2) is 0 Å². The highest BCUT2D eigenvalue weighted by molar-refractivity contribution is 8.00. The normalized spacial score (nSPS) is 17.2. The number of thioether (sulfide) groups is 1. The molecular formula is C23H28N6O3S2. The number of thiazole rings is 1. The average molecular weight is 501 g/mol. The van der Waals surface area contributed by atoms with Gasteiger partial charge in [0.05, 0.1) is 11.9 Å². The van der Waals surface area contributed by atoms with E-state index in [1.54, 1.807) is 38.2 Å². The van der Waals surface area contributed by atoms with Crippen LogP contribution in [0.4, 0.5) is 11.4 Å². The van der Waals surface area contributed by atoms with Crippen LogP contribution in [0.5, 0.6) is 0 Å². The highest BCUT2D eigenvalue weighted by Crippen LogP contribution is 2.22. The lowest BCUT2D eigenvalue weighted by atomic mass is 10.2. The van der Waals surface area contributed by atoms with Crippen molar-refractivity contribution in [2.24, 2.45) is 0 Å². The quantitative estimate of drug-likeness (QED) is 0.493. The van der Waals surface area contributed by atoms with E-state index < -0.39 is 5.91 Å². The second-order valence-corrected chi connectivity index (χ2v) is 9.98. The smallest absolute Gasteiger partial charge is 0.270 e. The Hall–Kier alpha value is -3.07. The minimum atomic E-state index is -0.502. The summed E-state index contributed by atoms with van der Waals surface area (Å²) >= 11 is 2.92. The summed E-state index contributed by atoms with van der Waals surface area (Å²) in [6.07, 6.45) is 1.56. The molecule has 3 N–H and O–H groups in total. The number of benzene rings is 1. The van der Waals surface area contributed by atoms with E-state index >= 15 is 0 Å². The summed E-state index contributed by atoms with van der Waals surface area (Å²) in [5.74, 6) is 0.456. The molecule has 0 radical (unpaired) electrons. The van der Waals surface area contributed by atoms with E-state index in [4.69, 9.17) is 0 Å². The molecule has 2 heterocycles. The zero-order valence-electron chi connectivity index (χ0n) is 19.4. The minimum absolute atomic E-state index is 0.0749. The van der Waals surface area contributed by atoms with Crippen molar-refractivity contribution >= 4 is 58.1 Å². The summed E-state index contributed by atoms with van der Waals surface area (Å²) in [7, 11) is 0. The summed E-state index contributed by atoms with van der Waals surface area (Å²) in [4.78, 5) is 39.6. The van der Waals surface area contributed by atoms with Gasteiger partial charge in [-0.15, -0.1) is 23.1 Å². The van der Waals surface area contributed by atoms with Crippen LogP contribution >= 0.6 is 23.1 Å². The molecule has 34 heavy (non-hydrogen) atoms. The van der Waals surface area contributed by atoms with Crippen molar-refractivity contribution in [2.45, 2.75) is 32.7 Å². The second kappa shape index (κ2) is 11.9. The molecule has 3 rings (SSSR count). The molecule has 1 saturated heterocycles. The third-order valence-corrected chi connectivity index (χ3v) is 7.56. The summed E-state index contributed by atoms with van der Waals surface area (Å²) in [5, 5.41) is 18.4. The van der Waals surface area contributed by atoms with Gasteiger partial charge in [0.2, 0.25) is 5.91 Å². The monoisotopic (exact) mass is 500 g/mol. The molecule has 2 amide bonds. The van der Waals surface area contributed by atoms with E-state index in [2.05, 4.69) is 27.8 Å². The van der Waals surface area contributed by atoms with Crippen molar-refractivity contribution in [3.63, 3.8) is 0 Å². The maximum absolute atomic E-state index is 12.8. The molecule has 1 aromatic carbocycles. The molecule has 1 fully saturated rings. The molecule has 9 nitrogen and oxygen atoms in total. The van der Waals surface area contributed by atoms with Crippen molar-refractivity contribution in [1.82, 2.24) is 14.8 Å². The maximum Gasteiger partial charge on any atom is 0.270 e. The zero-order chi connectivity index (χ0) is 24.7. The molecule has 2 aromatic rings. The number of amides is 2. The largest absolute Gasteiger partial charge is 0.360 e. The lowest BCUT2D eigenvalue weighted by Crippen LogP contribution is -2.34. The van der Waals surface area contributed by atoms with Crippen molar-refractivity contribution < 1.29 is 9.59 Å². The Kier molecular flexibility index (Phi) is 8.92. The molecule has 1 aliphatic rings. The van der Waals surface area contributed by atoms with E-state index in [0.29, 0.717) is 45.6 Å². The van der Waals surface area contributed by atoms with Crippen LogP contribution in [0, 0.1) is 11.3 Å². The summed E-state index contributed by atoms with van der Waals surface area (Å²) in [6.45, 7) is 7.61. The molecule has 1 unspecified atom stereocenters.